The van der Waals surface area contributed by atoms with Gasteiger partial charge in [0.15, 0.2) is 11.5 Å². The number of hydrogen-bond acceptors (Lipinski definition) is 7. The van der Waals surface area contributed by atoms with Gasteiger partial charge in [0.05, 0.1) is 18.2 Å². The summed E-state index contributed by atoms with van der Waals surface area (Å²) in [6.45, 7) is 13.5. The number of rotatable bonds is 6. The molecule has 4 atom stereocenters. The lowest BCUT2D eigenvalue weighted by molar-refractivity contribution is -0.137. The summed E-state index contributed by atoms with van der Waals surface area (Å²) in [7, 11) is 0. The summed E-state index contributed by atoms with van der Waals surface area (Å²) in [6.07, 6.45) is -0.430. The van der Waals surface area contributed by atoms with Crippen LogP contribution in [0.4, 0.5) is 19.0 Å². The van der Waals surface area contributed by atoms with Crippen molar-refractivity contribution in [1.82, 2.24) is 34.0 Å². The molecular formula is C29H37F3N8O. The predicted octanol–water partition coefficient (Wildman–Crippen LogP) is 5.28. The number of benzene rings is 1. The average Bonchev–Trinajstić information content (AvgIpc) is 3.66. The van der Waals surface area contributed by atoms with Crippen LogP contribution in [0.2, 0.25) is 0 Å². The van der Waals surface area contributed by atoms with Crippen molar-refractivity contribution in [3.63, 3.8) is 0 Å². The largest absolute Gasteiger partial charge is 0.416 e. The summed E-state index contributed by atoms with van der Waals surface area (Å²) in [5.41, 5.74) is 2.00. The molecule has 1 unspecified atom stereocenters. The lowest BCUT2D eigenvalue weighted by atomic mass is 9.90. The van der Waals surface area contributed by atoms with Crippen LogP contribution in [-0.4, -0.2) is 71.9 Å². The number of fused-ring (bicyclic) bond motifs is 3. The third-order valence-corrected chi connectivity index (χ3v) is 8.59. The van der Waals surface area contributed by atoms with Crippen LogP contribution in [-0.2, 0) is 17.5 Å². The van der Waals surface area contributed by atoms with Crippen LogP contribution in [0.3, 0.4) is 0 Å². The molecule has 5 heterocycles. The van der Waals surface area contributed by atoms with Crippen molar-refractivity contribution in [1.29, 1.82) is 0 Å². The first kappa shape index (κ1) is 27.9. The monoisotopic (exact) mass is 570 g/mol. The van der Waals surface area contributed by atoms with Gasteiger partial charge in [0, 0.05) is 37.8 Å². The van der Waals surface area contributed by atoms with Gasteiger partial charge in [-0.05, 0) is 57.2 Å². The van der Waals surface area contributed by atoms with Crippen LogP contribution in [0.15, 0.2) is 30.6 Å². The number of alkyl halides is 3. The molecule has 2 aliphatic heterocycles. The summed E-state index contributed by atoms with van der Waals surface area (Å²) in [6, 6.07) is 5.82. The summed E-state index contributed by atoms with van der Waals surface area (Å²) in [5, 5.41) is 8.44. The van der Waals surface area contributed by atoms with Crippen molar-refractivity contribution >= 4 is 22.8 Å². The maximum absolute atomic E-state index is 13.2. The molecule has 3 aromatic heterocycles. The maximum atomic E-state index is 13.2. The van der Waals surface area contributed by atoms with Crippen LogP contribution in [0.5, 0.6) is 0 Å². The fourth-order valence-electron chi connectivity index (χ4n) is 6.63. The van der Waals surface area contributed by atoms with Gasteiger partial charge < -0.3 is 14.2 Å². The van der Waals surface area contributed by atoms with Gasteiger partial charge in [-0.25, -0.2) is 9.38 Å². The topological polar surface area (TPSA) is 76.6 Å². The van der Waals surface area contributed by atoms with Gasteiger partial charge in [0.2, 0.25) is 0 Å². The average molecular weight is 571 g/mol. The number of aromatic nitrogens is 6. The molecule has 1 aromatic carbocycles. The summed E-state index contributed by atoms with van der Waals surface area (Å²) in [4.78, 5) is 14.7. The van der Waals surface area contributed by atoms with Crippen molar-refractivity contribution in [3.8, 4) is 0 Å². The molecule has 9 nitrogen and oxygen atoms in total. The Morgan fingerprint density at radius 1 is 1.05 bits per heavy atom. The third-order valence-electron chi connectivity index (χ3n) is 8.59. The normalized spacial score (nSPS) is 23.3. The molecule has 6 rings (SSSR count). The number of imidazole rings is 1. The van der Waals surface area contributed by atoms with Crippen molar-refractivity contribution in [2.24, 2.45) is 5.92 Å². The van der Waals surface area contributed by atoms with E-state index in [0.29, 0.717) is 18.9 Å². The van der Waals surface area contributed by atoms with E-state index >= 15 is 0 Å². The zero-order valence-corrected chi connectivity index (χ0v) is 24.1. The van der Waals surface area contributed by atoms with E-state index in [2.05, 4.69) is 52.3 Å². The van der Waals surface area contributed by atoms with Crippen molar-refractivity contribution in [2.75, 3.05) is 24.6 Å². The molecule has 0 saturated carbocycles. The van der Waals surface area contributed by atoms with Gasteiger partial charge in [0.1, 0.15) is 17.7 Å². The maximum Gasteiger partial charge on any atom is 0.416 e. The highest BCUT2D eigenvalue weighted by Crippen LogP contribution is 2.37. The molecule has 0 N–H and O–H groups in total. The first-order valence-corrected chi connectivity index (χ1v) is 14.4. The smallest absolute Gasteiger partial charge is 0.376 e. The van der Waals surface area contributed by atoms with E-state index in [9.17, 15) is 13.2 Å². The molecule has 4 aromatic rings. The summed E-state index contributed by atoms with van der Waals surface area (Å²) in [5.74, 6) is 2.40. The number of nitrogens with zero attached hydrogens (tertiary/aromatic N) is 8. The second kappa shape index (κ2) is 10.5. The SMILES string of the molecule is Cc1nc2c(N3C[C@@H](C)N(C(c4ccc(C(F)(F)F)cc4)C(C)C)C[C@@H]3C)nc3nncn3c2n1C[C@@H]1CCCO1. The molecule has 41 heavy (non-hydrogen) atoms. The molecule has 220 valence electrons. The van der Waals surface area contributed by atoms with Gasteiger partial charge in [-0.1, -0.05) is 26.0 Å². The second-order valence-electron chi connectivity index (χ2n) is 11.9. The first-order valence-electron chi connectivity index (χ1n) is 14.4. The molecule has 0 amide bonds. The van der Waals surface area contributed by atoms with Crippen molar-refractivity contribution in [3.05, 3.63) is 47.5 Å². The van der Waals surface area contributed by atoms with E-state index < -0.39 is 11.7 Å². The number of ether oxygens (including phenoxy) is 1. The van der Waals surface area contributed by atoms with E-state index in [-0.39, 0.29) is 30.1 Å². The quantitative estimate of drug-likeness (QED) is 0.312. The minimum Gasteiger partial charge on any atom is -0.376 e. The zero-order valence-electron chi connectivity index (χ0n) is 24.1. The predicted molar refractivity (Wildman–Crippen MR) is 150 cm³/mol. The summed E-state index contributed by atoms with van der Waals surface area (Å²) >= 11 is 0. The molecule has 2 saturated heterocycles. The van der Waals surface area contributed by atoms with Crippen molar-refractivity contribution < 1.29 is 17.9 Å². The second-order valence-corrected chi connectivity index (χ2v) is 11.9. The third kappa shape index (κ3) is 5.05. The molecule has 0 bridgehead atoms. The lowest BCUT2D eigenvalue weighted by Gasteiger charge is -2.49. The number of piperazine rings is 1. The number of aryl methyl sites for hydroxylation is 1. The van der Waals surface area contributed by atoms with Crippen LogP contribution in [0.1, 0.15) is 63.5 Å². The Hall–Kier alpha value is -3.25. The molecule has 0 spiro atoms. The van der Waals surface area contributed by atoms with Crippen LogP contribution in [0.25, 0.3) is 16.9 Å². The molecule has 12 heteroatoms. The Balaban J connectivity index is 1.33. The lowest BCUT2D eigenvalue weighted by Crippen LogP contribution is -2.58. The van der Waals surface area contributed by atoms with Gasteiger partial charge in [-0.3, -0.25) is 4.90 Å². The summed E-state index contributed by atoms with van der Waals surface area (Å²) < 4.78 is 49.7. The molecule has 2 aliphatic rings. The molecule has 0 radical (unpaired) electrons. The number of hydrogen-bond donors (Lipinski definition) is 0. The van der Waals surface area contributed by atoms with Gasteiger partial charge in [0.25, 0.3) is 5.78 Å². The zero-order chi connectivity index (χ0) is 29.1. The first-order chi connectivity index (χ1) is 19.5. The minimum absolute atomic E-state index is 0.0169. The Bertz CT molecular complexity index is 1520. The molecule has 0 aliphatic carbocycles. The standard InChI is InChI=1S/C29H37F3N8O/c1-17(2)25(21-8-10-22(11-9-21)29(30,31)32)37-13-19(4)38(14-18(37)3)26-24-27(40-16-33-36-28(40)35-26)39(20(5)34-24)15-23-7-6-12-41-23/h8-11,16-19,23,25H,6-7,12-15H2,1-5H3/t18-,19+,23+,25?/m1/s1. The Morgan fingerprint density at radius 2 is 1.80 bits per heavy atom. The minimum atomic E-state index is -4.35. The van der Waals surface area contributed by atoms with Gasteiger partial charge in [-0.15, -0.1) is 10.2 Å². The van der Waals surface area contributed by atoms with E-state index in [0.717, 1.165) is 54.4 Å². The Morgan fingerprint density at radius 3 is 2.46 bits per heavy atom. The van der Waals surface area contributed by atoms with E-state index in [1.165, 1.54) is 12.1 Å². The van der Waals surface area contributed by atoms with E-state index in [1.54, 1.807) is 18.5 Å². The fourth-order valence-corrected chi connectivity index (χ4v) is 6.63. The number of halogens is 3. The molecular weight excluding hydrogens is 533 g/mol. The number of anilines is 1. The fraction of sp³-hybridized carbons (Fsp3) is 0.586. The van der Waals surface area contributed by atoms with E-state index in [4.69, 9.17) is 14.7 Å². The van der Waals surface area contributed by atoms with Crippen LogP contribution in [0, 0.1) is 12.8 Å². The van der Waals surface area contributed by atoms with Gasteiger partial charge >= 0.3 is 6.18 Å². The van der Waals surface area contributed by atoms with Crippen LogP contribution < -0.4 is 4.90 Å². The molecule has 2 fully saturated rings. The van der Waals surface area contributed by atoms with Crippen molar-refractivity contribution in [2.45, 2.75) is 84.4 Å². The highest BCUT2D eigenvalue weighted by Gasteiger charge is 2.38. The Kier molecular flexibility index (Phi) is 7.17. The highest BCUT2D eigenvalue weighted by atomic mass is 19.4. The highest BCUT2D eigenvalue weighted by molar-refractivity contribution is 5.87. The Labute approximate surface area is 237 Å². The van der Waals surface area contributed by atoms with E-state index in [1.807, 2.05) is 11.3 Å². The van der Waals surface area contributed by atoms with Crippen LogP contribution >= 0.6 is 0 Å². The van der Waals surface area contributed by atoms with Gasteiger partial charge in [-0.2, -0.15) is 18.2 Å².